The number of piperidine rings is 1. The number of nitrogens with zero attached hydrogens (tertiary/aromatic N) is 4. The van der Waals surface area contributed by atoms with Gasteiger partial charge in [0.2, 0.25) is 0 Å². The predicted molar refractivity (Wildman–Crippen MR) is 180 cm³/mol. The topological polar surface area (TPSA) is 76.2 Å². The van der Waals surface area contributed by atoms with Crippen LogP contribution in [0.2, 0.25) is 0 Å². The van der Waals surface area contributed by atoms with Gasteiger partial charge in [0.05, 0.1) is 36.0 Å². The van der Waals surface area contributed by atoms with Crippen molar-refractivity contribution in [2.75, 3.05) is 13.2 Å². The van der Waals surface area contributed by atoms with Crippen molar-refractivity contribution in [3.8, 4) is 0 Å². The first kappa shape index (κ1) is 35.8. The molecule has 2 aliphatic rings. The maximum Gasteiger partial charge on any atom is 0.416 e. The number of hydrogen-bond acceptors (Lipinski definition) is 6. The summed E-state index contributed by atoms with van der Waals surface area (Å²) >= 11 is 0. The Bertz CT molecular complexity index is 1880. The van der Waals surface area contributed by atoms with Crippen molar-refractivity contribution in [3.63, 3.8) is 0 Å². The van der Waals surface area contributed by atoms with Crippen molar-refractivity contribution in [2.45, 2.75) is 74.3 Å². The van der Waals surface area contributed by atoms with Crippen molar-refractivity contribution in [1.29, 1.82) is 0 Å². The minimum Gasteiger partial charge on any atom is -0.374 e. The van der Waals surface area contributed by atoms with Gasteiger partial charge in [0.1, 0.15) is 6.10 Å². The summed E-state index contributed by atoms with van der Waals surface area (Å²) in [6.45, 7) is 2.13. The number of tetrazole rings is 1. The summed E-state index contributed by atoms with van der Waals surface area (Å²) in [5, 5.41) is 15.3. The first-order valence-corrected chi connectivity index (χ1v) is 17.2. The molecule has 52 heavy (non-hydrogen) atoms. The van der Waals surface area contributed by atoms with E-state index in [0.717, 1.165) is 29.7 Å². The standard InChI is InChI=1S/C39H37F6N5O2/c1-25(26-11-5-2-6-12-26)50-33-17-18-34(37(50,29-15-9-4-10-16-29)24-32(33)36-46-48-49-47-36)51-19-20-52-35(27-13-7-3-8-14-27)28-21-30(38(40,41)42)23-31(22-28)39(43,44)45/h2-16,21-23,25,32-35H,17-20,24H2,1H3,(H,46,47,48,49). The second-order valence-corrected chi connectivity index (χ2v) is 13.4. The molecule has 13 heteroatoms. The SMILES string of the molecule is CC(c1ccccc1)N1C2CCC(OCCOC(c3ccccc3)c3cc(C(F)(F)F)cc(C(F)(F)F)c3)C1(c1ccccc1)CC2c1nn[nH]n1. The third-order valence-corrected chi connectivity index (χ3v) is 10.4. The number of H-pyrrole nitrogens is 1. The summed E-state index contributed by atoms with van der Waals surface area (Å²) in [4.78, 5) is 2.52. The van der Waals surface area contributed by atoms with Crippen LogP contribution in [0.15, 0.2) is 109 Å². The normalized spacial score (nSPS) is 23.4. The van der Waals surface area contributed by atoms with Crippen LogP contribution < -0.4 is 0 Å². The Morgan fingerprint density at radius 2 is 1.37 bits per heavy atom. The number of rotatable bonds is 11. The zero-order chi connectivity index (χ0) is 36.5. The van der Waals surface area contributed by atoms with Gasteiger partial charge in [-0.1, -0.05) is 96.2 Å². The molecule has 5 aromatic rings. The molecule has 2 bridgehead atoms. The van der Waals surface area contributed by atoms with E-state index in [0.29, 0.717) is 24.2 Å². The van der Waals surface area contributed by atoms with Gasteiger partial charge in [0, 0.05) is 18.0 Å². The molecule has 7 rings (SSSR count). The van der Waals surface area contributed by atoms with Gasteiger partial charge in [-0.3, -0.25) is 4.90 Å². The lowest BCUT2D eigenvalue weighted by atomic mass is 9.77. The Hall–Kier alpha value is -4.59. The zero-order valence-electron chi connectivity index (χ0n) is 28.2. The highest BCUT2D eigenvalue weighted by molar-refractivity contribution is 5.39. The molecule has 4 aromatic carbocycles. The molecule has 6 atom stereocenters. The summed E-state index contributed by atoms with van der Waals surface area (Å²) in [6, 6.07) is 30.2. The number of nitrogens with one attached hydrogen (secondary N) is 1. The van der Waals surface area contributed by atoms with Crippen LogP contribution in [-0.4, -0.2) is 50.9 Å². The number of hydrogen-bond donors (Lipinski definition) is 1. The highest BCUT2D eigenvalue weighted by Crippen LogP contribution is 2.59. The van der Waals surface area contributed by atoms with Crippen LogP contribution in [0.5, 0.6) is 0 Å². The fourth-order valence-electron chi connectivity index (χ4n) is 8.28. The van der Waals surface area contributed by atoms with Gasteiger partial charge in [-0.15, -0.1) is 10.2 Å². The number of aromatic nitrogens is 4. The van der Waals surface area contributed by atoms with E-state index in [-0.39, 0.29) is 48.9 Å². The van der Waals surface area contributed by atoms with E-state index in [1.165, 1.54) is 0 Å². The van der Waals surface area contributed by atoms with Crippen molar-refractivity contribution in [3.05, 3.63) is 148 Å². The molecule has 2 aliphatic heterocycles. The number of halogens is 6. The van der Waals surface area contributed by atoms with Crippen molar-refractivity contribution >= 4 is 0 Å². The summed E-state index contributed by atoms with van der Waals surface area (Å²) in [5.41, 5.74) is -1.07. The Labute approximate surface area is 297 Å². The molecular formula is C39H37F6N5O2. The molecule has 3 heterocycles. The maximum absolute atomic E-state index is 13.8. The summed E-state index contributed by atoms with van der Waals surface area (Å²) in [5.74, 6) is 0.572. The van der Waals surface area contributed by atoms with E-state index in [4.69, 9.17) is 9.47 Å². The lowest BCUT2D eigenvalue weighted by Crippen LogP contribution is -2.57. The molecule has 2 fully saturated rings. The molecule has 0 spiro atoms. The van der Waals surface area contributed by atoms with Crippen molar-refractivity contribution in [2.24, 2.45) is 0 Å². The van der Waals surface area contributed by atoms with Crippen LogP contribution >= 0.6 is 0 Å². The van der Waals surface area contributed by atoms with E-state index < -0.39 is 35.1 Å². The molecule has 272 valence electrons. The van der Waals surface area contributed by atoms with Gasteiger partial charge in [0.15, 0.2) is 5.82 Å². The smallest absolute Gasteiger partial charge is 0.374 e. The number of ether oxygens (including phenoxy) is 2. The number of alkyl halides is 6. The quantitative estimate of drug-likeness (QED) is 0.108. The molecule has 2 saturated heterocycles. The number of aromatic amines is 1. The van der Waals surface area contributed by atoms with Crippen LogP contribution in [0.1, 0.15) is 83.5 Å². The van der Waals surface area contributed by atoms with Gasteiger partial charge in [0.25, 0.3) is 0 Å². The van der Waals surface area contributed by atoms with E-state index in [2.05, 4.69) is 56.7 Å². The van der Waals surface area contributed by atoms with Crippen LogP contribution in [0, 0.1) is 0 Å². The summed E-state index contributed by atoms with van der Waals surface area (Å²) < 4.78 is 95.9. The fourth-order valence-corrected chi connectivity index (χ4v) is 8.28. The average Bonchev–Trinajstić information content (AvgIpc) is 3.77. The number of fused-ring (bicyclic) bond motifs is 2. The third kappa shape index (κ3) is 6.96. The Kier molecular flexibility index (Phi) is 9.94. The summed E-state index contributed by atoms with van der Waals surface area (Å²) in [7, 11) is 0. The summed E-state index contributed by atoms with van der Waals surface area (Å²) in [6.07, 6.45) is -9.44. The molecule has 6 unspecified atom stereocenters. The van der Waals surface area contributed by atoms with Gasteiger partial charge in [-0.2, -0.15) is 31.6 Å². The predicted octanol–water partition coefficient (Wildman–Crippen LogP) is 9.04. The second kappa shape index (κ2) is 14.4. The van der Waals surface area contributed by atoms with E-state index in [1.54, 1.807) is 30.3 Å². The molecule has 0 radical (unpaired) electrons. The molecule has 0 amide bonds. The van der Waals surface area contributed by atoms with E-state index in [1.807, 2.05) is 36.4 Å². The fraction of sp³-hybridized carbons (Fsp3) is 0.359. The minimum absolute atomic E-state index is 0.0304. The molecular weight excluding hydrogens is 684 g/mol. The van der Waals surface area contributed by atoms with Gasteiger partial charge in [-0.25, -0.2) is 0 Å². The third-order valence-electron chi connectivity index (χ3n) is 10.4. The van der Waals surface area contributed by atoms with Crippen molar-refractivity contribution in [1.82, 2.24) is 25.5 Å². The molecule has 0 aliphatic carbocycles. The maximum atomic E-state index is 13.8. The van der Waals surface area contributed by atoms with Crippen LogP contribution in [-0.2, 0) is 27.4 Å². The number of benzene rings is 4. The lowest BCUT2D eigenvalue weighted by Gasteiger charge is -2.52. The lowest BCUT2D eigenvalue weighted by molar-refractivity contribution is -0.143. The highest BCUT2D eigenvalue weighted by atomic mass is 19.4. The van der Waals surface area contributed by atoms with Crippen molar-refractivity contribution < 1.29 is 35.8 Å². The highest BCUT2D eigenvalue weighted by Gasteiger charge is 2.62. The Morgan fingerprint density at radius 3 is 1.94 bits per heavy atom. The Morgan fingerprint density at radius 1 is 0.769 bits per heavy atom. The zero-order valence-corrected chi connectivity index (χ0v) is 28.2. The first-order valence-electron chi connectivity index (χ1n) is 17.2. The molecule has 0 saturated carbocycles. The minimum atomic E-state index is -4.99. The monoisotopic (exact) mass is 721 g/mol. The van der Waals surface area contributed by atoms with E-state index in [9.17, 15) is 26.3 Å². The van der Waals surface area contributed by atoms with Crippen LogP contribution in [0.4, 0.5) is 26.3 Å². The van der Waals surface area contributed by atoms with Gasteiger partial charge >= 0.3 is 12.4 Å². The second-order valence-electron chi connectivity index (χ2n) is 13.4. The molecule has 7 nitrogen and oxygen atoms in total. The largest absolute Gasteiger partial charge is 0.416 e. The average molecular weight is 722 g/mol. The Balaban J connectivity index is 1.20. The van der Waals surface area contributed by atoms with Crippen LogP contribution in [0.25, 0.3) is 0 Å². The molecule has 1 N–H and O–H groups in total. The first-order chi connectivity index (χ1) is 25.0. The van der Waals surface area contributed by atoms with E-state index >= 15 is 0 Å². The van der Waals surface area contributed by atoms with Gasteiger partial charge < -0.3 is 9.47 Å². The molecule has 1 aromatic heterocycles. The van der Waals surface area contributed by atoms with Gasteiger partial charge in [-0.05, 0) is 66.6 Å². The van der Waals surface area contributed by atoms with Crippen LogP contribution in [0.3, 0.4) is 0 Å².